The highest BCUT2D eigenvalue weighted by atomic mass is 32.2. The molecule has 3 rings (SSSR count). The van der Waals surface area contributed by atoms with E-state index in [4.69, 9.17) is 4.74 Å². The Labute approximate surface area is 126 Å². The Balaban J connectivity index is 1.81. The van der Waals surface area contributed by atoms with Gasteiger partial charge in [-0.15, -0.1) is 0 Å². The molecule has 116 valence electrons. The van der Waals surface area contributed by atoms with Crippen LogP contribution in [-0.2, 0) is 9.84 Å². The van der Waals surface area contributed by atoms with Crippen molar-refractivity contribution in [3.63, 3.8) is 0 Å². The summed E-state index contributed by atoms with van der Waals surface area (Å²) in [5.74, 6) is 1.59. The van der Waals surface area contributed by atoms with Crippen LogP contribution in [0.2, 0.25) is 0 Å². The van der Waals surface area contributed by atoms with Gasteiger partial charge >= 0.3 is 0 Å². The minimum Gasteiger partial charge on any atom is -0.493 e. The molecular formula is C16H23NO3S. The van der Waals surface area contributed by atoms with Crippen molar-refractivity contribution in [1.29, 1.82) is 0 Å². The molecule has 1 fully saturated rings. The number of para-hydroxylation sites is 1. The summed E-state index contributed by atoms with van der Waals surface area (Å²) >= 11 is 0. The van der Waals surface area contributed by atoms with Crippen molar-refractivity contribution < 1.29 is 13.2 Å². The Bertz CT molecular complexity index is 612. The fourth-order valence-electron chi connectivity index (χ4n) is 3.38. The smallest absolute Gasteiger partial charge is 0.151 e. The van der Waals surface area contributed by atoms with Gasteiger partial charge in [0.2, 0.25) is 0 Å². The van der Waals surface area contributed by atoms with E-state index < -0.39 is 9.84 Å². The fourth-order valence-corrected chi connectivity index (χ4v) is 5.02. The van der Waals surface area contributed by atoms with Crippen LogP contribution < -0.4 is 10.1 Å². The van der Waals surface area contributed by atoms with Gasteiger partial charge in [-0.1, -0.05) is 18.2 Å². The summed E-state index contributed by atoms with van der Waals surface area (Å²) in [6.07, 6.45) is 3.69. The number of aryl methyl sites for hydroxylation is 1. The first kappa shape index (κ1) is 14.9. The van der Waals surface area contributed by atoms with E-state index in [1.54, 1.807) is 0 Å². The van der Waals surface area contributed by atoms with Gasteiger partial charge in [-0.3, -0.25) is 0 Å². The Morgan fingerprint density at radius 2 is 2.10 bits per heavy atom. The first-order valence-corrected chi connectivity index (χ1v) is 9.56. The van der Waals surface area contributed by atoms with Crippen LogP contribution in [0.25, 0.3) is 0 Å². The van der Waals surface area contributed by atoms with Crippen molar-refractivity contribution in [3.05, 3.63) is 29.3 Å². The Morgan fingerprint density at radius 3 is 2.90 bits per heavy atom. The van der Waals surface area contributed by atoms with Gasteiger partial charge in [-0.05, 0) is 38.2 Å². The summed E-state index contributed by atoms with van der Waals surface area (Å²) in [5, 5.41) is 3.58. The number of hydrogen-bond acceptors (Lipinski definition) is 4. The standard InChI is InChI=1S/C16H23NO3S/c1-12-5-2-7-14-15(8-3-9-20-16(12)14)17-13-6-4-10-21(18,19)11-13/h2,5,7,13,15,17H,3-4,6,8-11H2,1H3. The number of fused-ring (bicyclic) bond motifs is 1. The summed E-state index contributed by atoms with van der Waals surface area (Å²) in [5.41, 5.74) is 2.33. The lowest BCUT2D eigenvalue weighted by Gasteiger charge is -2.28. The number of nitrogens with one attached hydrogen (secondary N) is 1. The Morgan fingerprint density at radius 1 is 1.24 bits per heavy atom. The SMILES string of the molecule is Cc1cccc2c1OCCCC2NC1CCCS(=O)(=O)C1. The lowest BCUT2D eigenvalue weighted by molar-refractivity contribution is 0.312. The van der Waals surface area contributed by atoms with E-state index in [0.29, 0.717) is 5.75 Å². The van der Waals surface area contributed by atoms with E-state index in [9.17, 15) is 8.42 Å². The topological polar surface area (TPSA) is 55.4 Å². The third-order valence-corrected chi connectivity index (χ3v) is 6.22. The molecule has 2 aliphatic rings. The van der Waals surface area contributed by atoms with Crippen LogP contribution in [0.5, 0.6) is 5.75 Å². The van der Waals surface area contributed by atoms with E-state index in [1.807, 2.05) is 0 Å². The van der Waals surface area contributed by atoms with Gasteiger partial charge in [-0.2, -0.15) is 0 Å². The van der Waals surface area contributed by atoms with E-state index in [0.717, 1.165) is 43.6 Å². The molecule has 1 saturated heterocycles. The van der Waals surface area contributed by atoms with Crippen LogP contribution in [0.1, 0.15) is 42.9 Å². The van der Waals surface area contributed by atoms with Crippen LogP contribution in [0.15, 0.2) is 18.2 Å². The third-order valence-electron chi connectivity index (χ3n) is 4.40. The molecule has 0 spiro atoms. The average Bonchev–Trinajstić information content (AvgIpc) is 2.62. The maximum absolute atomic E-state index is 11.8. The zero-order chi connectivity index (χ0) is 14.9. The maximum atomic E-state index is 11.8. The van der Waals surface area contributed by atoms with Crippen LogP contribution in [0.3, 0.4) is 0 Å². The monoisotopic (exact) mass is 309 g/mol. The predicted octanol–water partition coefficient (Wildman–Crippen LogP) is 2.38. The number of rotatable bonds is 2. The van der Waals surface area contributed by atoms with Crippen molar-refractivity contribution >= 4 is 9.84 Å². The summed E-state index contributed by atoms with van der Waals surface area (Å²) in [7, 11) is -2.87. The first-order chi connectivity index (χ1) is 10.1. The summed E-state index contributed by atoms with van der Waals surface area (Å²) < 4.78 is 29.5. The summed E-state index contributed by atoms with van der Waals surface area (Å²) in [6.45, 7) is 2.80. The number of hydrogen-bond donors (Lipinski definition) is 1. The Kier molecular flexibility index (Phi) is 4.22. The highest BCUT2D eigenvalue weighted by molar-refractivity contribution is 7.91. The molecule has 21 heavy (non-hydrogen) atoms. The lowest BCUT2D eigenvalue weighted by atomic mass is 9.98. The molecule has 0 amide bonds. The molecule has 2 heterocycles. The highest BCUT2D eigenvalue weighted by Crippen LogP contribution is 2.34. The third kappa shape index (κ3) is 3.40. The maximum Gasteiger partial charge on any atom is 0.151 e. The largest absolute Gasteiger partial charge is 0.493 e. The lowest BCUT2D eigenvalue weighted by Crippen LogP contribution is -2.41. The summed E-state index contributed by atoms with van der Waals surface area (Å²) in [4.78, 5) is 0. The van der Waals surface area contributed by atoms with Crippen LogP contribution in [0.4, 0.5) is 0 Å². The molecule has 0 radical (unpaired) electrons. The van der Waals surface area contributed by atoms with Gasteiger partial charge in [0.25, 0.3) is 0 Å². The average molecular weight is 309 g/mol. The van der Waals surface area contributed by atoms with E-state index in [-0.39, 0.29) is 17.8 Å². The second-order valence-electron chi connectivity index (χ2n) is 6.16. The quantitative estimate of drug-likeness (QED) is 0.911. The van der Waals surface area contributed by atoms with Gasteiger partial charge < -0.3 is 10.1 Å². The molecule has 1 aromatic rings. The van der Waals surface area contributed by atoms with Gasteiger partial charge in [0.1, 0.15) is 5.75 Å². The van der Waals surface area contributed by atoms with Gasteiger partial charge in [0.05, 0.1) is 18.1 Å². The van der Waals surface area contributed by atoms with E-state index in [2.05, 4.69) is 30.4 Å². The molecule has 1 N–H and O–H groups in total. The second kappa shape index (κ2) is 5.97. The molecule has 0 bridgehead atoms. The first-order valence-electron chi connectivity index (χ1n) is 7.74. The Hall–Kier alpha value is -1.07. The minimum atomic E-state index is -2.87. The zero-order valence-electron chi connectivity index (χ0n) is 12.5. The molecule has 4 nitrogen and oxygen atoms in total. The minimum absolute atomic E-state index is 0.0696. The van der Waals surface area contributed by atoms with Crippen molar-refractivity contribution in [2.75, 3.05) is 18.1 Å². The number of benzene rings is 1. The molecule has 0 aliphatic carbocycles. The zero-order valence-corrected chi connectivity index (χ0v) is 13.3. The van der Waals surface area contributed by atoms with Gasteiger partial charge in [0.15, 0.2) is 9.84 Å². The highest BCUT2D eigenvalue weighted by Gasteiger charge is 2.28. The molecule has 2 aliphatic heterocycles. The van der Waals surface area contributed by atoms with Gasteiger partial charge in [-0.25, -0.2) is 8.42 Å². The second-order valence-corrected chi connectivity index (χ2v) is 8.39. The summed E-state index contributed by atoms with van der Waals surface area (Å²) in [6, 6.07) is 6.48. The molecule has 0 saturated carbocycles. The van der Waals surface area contributed by atoms with Crippen molar-refractivity contribution in [2.24, 2.45) is 0 Å². The van der Waals surface area contributed by atoms with Crippen molar-refractivity contribution in [3.8, 4) is 5.75 Å². The van der Waals surface area contributed by atoms with E-state index in [1.165, 1.54) is 5.56 Å². The van der Waals surface area contributed by atoms with Crippen LogP contribution in [0, 0.1) is 6.92 Å². The van der Waals surface area contributed by atoms with Crippen LogP contribution in [-0.4, -0.2) is 32.6 Å². The van der Waals surface area contributed by atoms with Crippen molar-refractivity contribution in [2.45, 2.75) is 44.7 Å². The van der Waals surface area contributed by atoms with Crippen molar-refractivity contribution in [1.82, 2.24) is 5.32 Å². The molecule has 1 aromatic carbocycles. The number of ether oxygens (including phenoxy) is 1. The molecule has 0 aromatic heterocycles. The normalized spacial score (nSPS) is 28.2. The molecular weight excluding hydrogens is 286 g/mol. The van der Waals surface area contributed by atoms with Crippen LogP contribution >= 0.6 is 0 Å². The molecule has 2 unspecified atom stereocenters. The molecule has 5 heteroatoms. The molecule has 2 atom stereocenters. The van der Waals surface area contributed by atoms with Gasteiger partial charge in [0, 0.05) is 17.6 Å². The fraction of sp³-hybridized carbons (Fsp3) is 0.625. The number of sulfone groups is 1. The predicted molar refractivity (Wildman–Crippen MR) is 83.5 cm³/mol. The van der Waals surface area contributed by atoms with E-state index >= 15 is 0 Å².